The zero-order valence-electron chi connectivity index (χ0n) is 9.20. The predicted octanol–water partition coefficient (Wildman–Crippen LogP) is 0.253. The molecule has 0 atom stereocenters. The van der Waals surface area contributed by atoms with E-state index in [1.54, 1.807) is 19.9 Å². The summed E-state index contributed by atoms with van der Waals surface area (Å²) in [5, 5.41) is 12.5. The molecule has 0 aromatic carbocycles. The summed E-state index contributed by atoms with van der Waals surface area (Å²) in [7, 11) is 0. The molecule has 0 aliphatic heterocycles. The summed E-state index contributed by atoms with van der Waals surface area (Å²) in [4.78, 5) is 8.13. The zero-order chi connectivity index (χ0) is 11.5. The molecule has 5 N–H and O–H groups in total. The molecule has 6 nitrogen and oxygen atoms in total. The van der Waals surface area contributed by atoms with Crippen molar-refractivity contribution in [3.63, 3.8) is 0 Å². The first-order chi connectivity index (χ1) is 6.90. The quantitative estimate of drug-likeness (QED) is 0.421. The minimum Gasteiger partial charge on any atom is -0.389 e. The summed E-state index contributed by atoms with van der Waals surface area (Å²) in [5.41, 5.74) is 2.40. The number of aliphatic hydroxyl groups is 1. The van der Waals surface area contributed by atoms with Crippen LogP contribution in [0.2, 0.25) is 0 Å². The highest BCUT2D eigenvalue weighted by Crippen LogP contribution is 2.10. The average molecular weight is 211 g/mol. The van der Waals surface area contributed by atoms with Crippen LogP contribution in [0.1, 0.15) is 19.5 Å². The SMILES string of the molecule is Cc1cc(NCC(C)(C)O)nc(NN)n1. The minimum absolute atomic E-state index is 0.355. The van der Waals surface area contributed by atoms with E-state index in [-0.39, 0.29) is 0 Å². The fourth-order valence-corrected chi connectivity index (χ4v) is 1.03. The van der Waals surface area contributed by atoms with Gasteiger partial charge in [0.25, 0.3) is 0 Å². The Morgan fingerprint density at radius 3 is 2.67 bits per heavy atom. The van der Waals surface area contributed by atoms with Gasteiger partial charge in [-0.3, -0.25) is 5.43 Å². The van der Waals surface area contributed by atoms with Gasteiger partial charge in [0, 0.05) is 18.3 Å². The molecule has 0 spiro atoms. The van der Waals surface area contributed by atoms with Crippen molar-refractivity contribution in [3.8, 4) is 0 Å². The second kappa shape index (κ2) is 4.41. The number of hydrogen-bond donors (Lipinski definition) is 4. The van der Waals surface area contributed by atoms with Crippen molar-refractivity contribution in [3.05, 3.63) is 11.8 Å². The van der Waals surface area contributed by atoms with Crippen LogP contribution in [0, 0.1) is 6.92 Å². The maximum atomic E-state index is 9.53. The maximum absolute atomic E-state index is 9.53. The van der Waals surface area contributed by atoms with Gasteiger partial charge in [-0.25, -0.2) is 10.8 Å². The summed E-state index contributed by atoms with van der Waals surface area (Å²) in [5.74, 6) is 6.21. The molecule has 0 aliphatic rings. The fourth-order valence-electron chi connectivity index (χ4n) is 1.03. The summed E-state index contributed by atoms with van der Waals surface area (Å²) in [6.45, 7) is 5.69. The molecular formula is C9H17N5O. The van der Waals surface area contributed by atoms with E-state index < -0.39 is 5.60 Å². The molecule has 6 heteroatoms. The predicted molar refractivity (Wildman–Crippen MR) is 59.4 cm³/mol. The number of nitrogens with one attached hydrogen (secondary N) is 2. The van der Waals surface area contributed by atoms with Crippen LogP contribution >= 0.6 is 0 Å². The summed E-state index contributed by atoms with van der Waals surface area (Å²) < 4.78 is 0. The smallest absolute Gasteiger partial charge is 0.239 e. The Labute approximate surface area is 88.9 Å². The molecule has 0 fully saturated rings. The van der Waals surface area contributed by atoms with Gasteiger partial charge in [0.15, 0.2) is 0 Å². The molecule has 84 valence electrons. The summed E-state index contributed by atoms with van der Waals surface area (Å²) >= 11 is 0. The molecule has 0 unspecified atom stereocenters. The number of hydrazine groups is 1. The van der Waals surface area contributed by atoms with E-state index in [4.69, 9.17) is 5.84 Å². The van der Waals surface area contributed by atoms with Crippen molar-refractivity contribution in [1.29, 1.82) is 0 Å². The Kier molecular flexibility index (Phi) is 3.43. The molecule has 0 saturated heterocycles. The van der Waals surface area contributed by atoms with Crippen molar-refractivity contribution in [2.24, 2.45) is 5.84 Å². The normalized spacial score (nSPS) is 11.3. The monoisotopic (exact) mass is 211 g/mol. The molecule has 0 amide bonds. The van der Waals surface area contributed by atoms with E-state index in [9.17, 15) is 5.11 Å². The van der Waals surface area contributed by atoms with Crippen LogP contribution in [0.25, 0.3) is 0 Å². The van der Waals surface area contributed by atoms with Gasteiger partial charge in [0.1, 0.15) is 5.82 Å². The number of aryl methyl sites for hydroxylation is 1. The highest BCUT2D eigenvalue weighted by molar-refractivity contribution is 5.41. The van der Waals surface area contributed by atoms with Crippen LogP contribution in [0.3, 0.4) is 0 Å². The lowest BCUT2D eigenvalue weighted by atomic mass is 10.1. The first-order valence-corrected chi connectivity index (χ1v) is 4.69. The number of nitrogens with two attached hydrogens (primary N) is 1. The molecule has 1 aromatic heterocycles. The van der Waals surface area contributed by atoms with E-state index >= 15 is 0 Å². The third kappa shape index (κ3) is 4.09. The molecule has 1 aromatic rings. The molecular weight excluding hydrogens is 194 g/mol. The van der Waals surface area contributed by atoms with Gasteiger partial charge in [0.05, 0.1) is 5.60 Å². The molecule has 0 bridgehead atoms. The van der Waals surface area contributed by atoms with Gasteiger partial charge in [-0.1, -0.05) is 0 Å². The number of anilines is 2. The number of aromatic nitrogens is 2. The summed E-state index contributed by atoms with van der Waals surface area (Å²) in [6, 6.07) is 1.78. The van der Waals surface area contributed by atoms with Crippen LogP contribution in [-0.4, -0.2) is 27.2 Å². The van der Waals surface area contributed by atoms with Crippen molar-refractivity contribution in [2.75, 3.05) is 17.3 Å². The standard InChI is InChI=1S/C9H17N5O/c1-6-4-7(11-5-9(2,3)15)13-8(12-6)14-10/h4,15H,5,10H2,1-3H3,(H2,11,12,13,14). The minimum atomic E-state index is -0.783. The number of hydrogen-bond acceptors (Lipinski definition) is 6. The van der Waals surface area contributed by atoms with Crippen molar-refractivity contribution >= 4 is 11.8 Å². The van der Waals surface area contributed by atoms with E-state index in [2.05, 4.69) is 20.7 Å². The topological polar surface area (TPSA) is 96.1 Å². The summed E-state index contributed by atoms with van der Waals surface area (Å²) in [6.07, 6.45) is 0. The third-order valence-electron chi connectivity index (χ3n) is 1.69. The van der Waals surface area contributed by atoms with Gasteiger partial charge >= 0.3 is 0 Å². The first kappa shape index (κ1) is 11.7. The lowest BCUT2D eigenvalue weighted by Gasteiger charge is -2.18. The van der Waals surface area contributed by atoms with E-state index in [0.717, 1.165) is 5.69 Å². The van der Waals surface area contributed by atoms with Gasteiger partial charge < -0.3 is 10.4 Å². The maximum Gasteiger partial charge on any atom is 0.239 e. The Morgan fingerprint density at radius 1 is 1.47 bits per heavy atom. The van der Waals surface area contributed by atoms with E-state index in [1.165, 1.54) is 0 Å². The first-order valence-electron chi connectivity index (χ1n) is 4.69. The lowest BCUT2D eigenvalue weighted by Crippen LogP contribution is -2.29. The zero-order valence-corrected chi connectivity index (χ0v) is 9.20. The highest BCUT2D eigenvalue weighted by atomic mass is 16.3. The second-order valence-corrected chi connectivity index (χ2v) is 4.03. The van der Waals surface area contributed by atoms with Gasteiger partial charge in [-0.15, -0.1) is 0 Å². The molecule has 1 rings (SSSR count). The van der Waals surface area contributed by atoms with Crippen LogP contribution in [0.15, 0.2) is 6.07 Å². The second-order valence-electron chi connectivity index (χ2n) is 4.03. The third-order valence-corrected chi connectivity index (χ3v) is 1.69. The highest BCUT2D eigenvalue weighted by Gasteiger charge is 2.12. The molecule has 0 aliphatic carbocycles. The van der Waals surface area contributed by atoms with Crippen LogP contribution in [-0.2, 0) is 0 Å². The van der Waals surface area contributed by atoms with Crippen molar-refractivity contribution < 1.29 is 5.11 Å². The van der Waals surface area contributed by atoms with E-state index in [1.807, 2.05) is 6.92 Å². The van der Waals surface area contributed by atoms with E-state index in [0.29, 0.717) is 18.3 Å². The molecule has 1 heterocycles. The molecule has 0 radical (unpaired) electrons. The van der Waals surface area contributed by atoms with Gasteiger partial charge in [0.2, 0.25) is 5.95 Å². The van der Waals surface area contributed by atoms with Crippen molar-refractivity contribution in [1.82, 2.24) is 9.97 Å². The number of rotatable bonds is 4. The van der Waals surface area contributed by atoms with Crippen molar-refractivity contribution in [2.45, 2.75) is 26.4 Å². The van der Waals surface area contributed by atoms with Crippen LogP contribution in [0.4, 0.5) is 11.8 Å². The molecule has 0 saturated carbocycles. The van der Waals surface area contributed by atoms with Gasteiger partial charge in [-0.05, 0) is 20.8 Å². The number of nitrogens with zero attached hydrogens (tertiary/aromatic N) is 2. The average Bonchev–Trinajstić information content (AvgIpc) is 2.13. The lowest BCUT2D eigenvalue weighted by molar-refractivity contribution is 0.0944. The number of nitrogen functional groups attached to an aromatic ring is 1. The largest absolute Gasteiger partial charge is 0.389 e. The Bertz CT molecular complexity index is 334. The Morgan fingerprint density at radius 2 is 2.13 bits per heavy atom. The fraction of sp³-hybridized carbons (Fsp3) is 0.556. The van der Waals surface area contributed by atoms with Crippen LogP contribution < -0.4 is 16.6 Å². The molecule has 15 heavy (non-hydrogen) atoms. The van der Waals surface area contributed by atoms with Gasteiger partial charge in [-0.2, -0.15) is 4.98 Å². The Balaban J connectivity index is 2.73. The van der Waals surface area contributed by atoms with Crippen LogP contribution in [0.5, 0.6) is 0 Å². The Hall–Kier alpha value is -1.40.